The summed E-state index contributed by atoms with van der Waals surface area (Å²) < 4.78 is 8.45. The molecule has 224 valence electrons. The fraction of sp³-hybridized carbons (Fsp3) is 0. The van der Waals surface area contributed by atoms with Crippen molar-refractivity contribution in [2.45, 2.75) is 0 Å². The summed E-state index contributed by atoms with van der Waals surface area (Å²) in [6.45, 7) is 0. The summed E-state index contributed by atoms with van der Waals surface area (Å²) in [5.41, 5.74) is 10.2. The van der Waals surface area contributed by atoms with Crippen molar-refractivity contribution in [1.82, 2.24) is 14.5 Å². The van der Waals surface area contributed by atoms with Crippen LogP contribution in [0.4, 0.5) is 0 Å². The molecular formula is C44H27N3O. The summed E-state index contributed by atoms with van der Waals surface area (Å²) >= 11 is 0. The molecule has 4 heterocycles. The zero-order chi connectivity index (χ0) is 31.6. The SMILES string of the molecule is c1ccc(-c2cc(-c3ccccn3)nc(-n3c4ccc(-c5ccc6oc7ccccc7c6c5)cc4c4c5ccccc5ccc43)c2)cc1. The molecule has 0 N–H and O–H groups in total. The average molecular weight is 614 g/mol. The third-order valence-corrected chi connectivity index (χ3v) is 9.44. The van der Waals surface area contributed by atoms with Gasteiger partial charge in [-0.05, 0) is 93.7 Å². The molecule has 4 nitrogen and oxygen atoms in total. The quantitative estimate of drug-likeness (QED) is 0.198. The minimum Gasteiger partial charge on any atom is -0.456 e. The van der Waals surface area contributed by atoms with Gasteiger partial charge in [-0.25, -0.2) is 4.98 Å². The zero-order valence-electron chi connectivity index (χ0n) is 25.8. The van der Waals surface area contributed by atoms with E-state index in [1.165, 1.54) is 21.5 Å². The molecule has 0 saturated carbocycles. The Hall–Kier alpha value is -6.52. The van der Waals surface area contributed by atoms with Crippen LogP contribution in [0.25, 0.3) is 94.0 Å². The second-order valence-electron chi connectivity index (χ2n) is 12.2. The summed E-state index contributed by atoms with van der Waals surface area (Å²) in [6.07, 6.45) is 1.82. The van der Waals surface area contributed by atoms with E-state index in [1.54, 1.807) is 0 Å². The lowest BCUT2D eigenvalue weighted by atomic mass is 9.99. The van der Waals surface area contributed by atoms with Gasteiger partial charge in [0.15, 0.2) is 0 Å². The third-order valence-electron chi connectivity index (χ3n) is 9.44. The molecule has 10 rings (SSSR count). The lowest BCUT2D eigenvalue weighted by Crippen LogP contribution is -2.00. The van der Waals surface area contributed by atoms with E-state index in [2.05, 4.69) is 131 Å². The standard InChI is InChI=1S/C44H27N3O/c1-2-10-28(11-3-1)32-26-38(37-15-8-9-23-45-37)46-43(27-32)47-39-20-18-30(25-36(39)44-33-13-5-4-12-29(33)17-21-40(44)47)31-19-22-42-35(24-31)34-14-6-7-16-41(34)48-42/h1-27H. The van der Waals surface area contributed by atoms with Crippen molar-refractivity contribution < 1.29 is 4.42 Å². The fourth-order valence-corrected chi connectivity index (χ4v) is 7.20. The molecule has 0 fully saturated rings. The van der Waals surface area contributed by atoms with E-state index in [0.717, 1.165) is 72.4 Å². The number of hydrogen-bond acceptors (Lipinski definition) is 3. The molecule has 0 aliphatic carbocycles. The monoisotopic (exact) mass is 613 g/mol. The maximum atomic E-state index is 6.14. The van der Waals surface area contributed by atoms with Crippen molar-refractivity contribution in [2.24, 2.45) is 0 Å². The van der Waals surface area contributed by atoms with Crippen LogP contribution in [0.2, 0.25) is 0 Å². The van der Waals surface area contributed by atoms with Gasteiger partial charge < -0.3 is 4.42 Å². The molecule has 0 unspecified atom stereocenters. The minimum atomic E-state index is 0.833. The highest BCUT2D eigenvalue weighted by Gasteiger charge is 2.19. The summed E-state index contributed by atoms with van der Waals surface area (Å²) in [6, 6.07) is 55.4. The lowest BCUT2D eigenvalue weighted by Gasteiger charge is -2.13. The van der Waals surface area contributed by atoms with Crippen molar-refractivity contribution in [3.05, 3.63) is 164 Å². The highest BCUT2D eigenvalue weighted by Crippen LogP contribution is 2.40. The van der Waals surface area contributed by atoms with Crippen LogP contribution in [-0.4, -0.2) is 14.5 Å². The molecule has 0 spiro atoms. The van der Waals surface area contributed by atoms with E-state index in [4.69, 9.17) is 9.40 Å². The molecular weight excluding hydrogens is 587 g/mol. The second kappa shape index (κ2) is 10.5. The molecule has 0 radical (unpaired) electrons. The topological polar surface area (TPSA) is 43.9 Å². The van der Waals surface area contributed by atoms with Crippen molar-refractivity contribution in [1.29, 1.82) is 0 Å². The Morgan fingerprint density at radius 3 is 2.04 bits per heavy atom. The van der Waals surface area contributed by atoms with E-state index in [0.29, 0.717) is 0 Å². The Morgan fingerprint density at radius 1 is 0.438 bits per heavy atom. The van der Waals surface area contributed by atoms with E-state index >= 15 is 0 Å². The van der Waals surface area contributed by atoms with Gasteiger partial charge >= 0.3 is 0 Å². The molecule has 6 aromatic carbocycles. The predicted octanol–water partition coefficient (Wildman–Crippen LogP) is 11.6. The largest absolute Gasteiger partial charge is 0.456 e. The van der Waals surface area contributed by atoms with E-state index in [1.807, 2.05) is 42.6 Å². The first-order valence-corrected chi connectivity index (χ1v) is 16.2. The summed E-state index contributed by atoms with van der Waals surface area (Å²) in [4.78, 5) is 9.95. The van der Waals surface area contributed by atoms with Crippen LogP contribution < -0.4 is 0 Å². The van der Waals surface area contributed by atoms with Crippen LogP contribution in [0.5, 0.6) is 0 Å². The van der Waals surface area contributed by atoms with Gasteiger partial charge in [-0.3, -0.25) is 9.55 Å². The number of aromatic nitrogens is 3. The Labute approximate surface area is 276 Å². The lowest BCUT2D eigenvalue weighted by molar-refractivity contribution is 0.669. The van der Waals surface area contributed by atoms with E-state index in [9.17, 15) is 0 Å². The number of para-hydroxylation sites is 1. The second-order valence-corrected chi connectivity index (χ2v) is 12.2. The van der Waals surface area contributed by atoms with Gasteiger partial charge in [-0.2, -0.15) is 0 Å². The van der Waals surface area contributed by atoms with Crippen LogP contribution in [0.1, 0.15) is 0 Å². The number of furan rings is 1. The van der Waals surface area contributed by atoms with Crippen LogP contribution in [0.15, 0.2) is 168 Å². The molecule has 48 heavy (non-hydrogen) atoms. The molecule has 0 bridgehead atoms. The Balaban J connectivity index is 1.26. The first-order chi connectivity index (χ1) is 23.8. The number of rotatable bonds is 4. The first-order valence-electron chi connectivity index (χ1n) is 16.2. The molecule has 0 aliphatic heterocycles. The van der Waals surface area contributed by atoms with Gasteiger partial charge in [0.2, 0.25) is 0 Å². The smallest absolute Gasteiger partial charge is 0.138 e. The zero-order valence-corrected chi connectivity index (χ0v) is 25.8. The Morgan fingerprint density at radius 2 is 1.17 bits per heavy atom. The molecule has 4 aromatic heterocycles. The maximum Gasteiger partial charge on any atom is 0.138 e. The van der Waals surface area contributed by atoms with E-state index in [-0.39, 0.29) is 0 Å². The van der Waals surface area contributed by atoms with Crippen molar-refractivity contribution in [2.75, 3.05) is 0 Å². The summed E-state index contributed by atoms with van der Waals surface area (Å²) in [7, 11) is 0. The number of fused-ring (bicyclic) bond motifs is 8. The molecule has 0 saturated heterocycles. The molecule has 10 aromatic rings. The van der Waals surface area contributed by atoms with Crippen molar-refractivity contribution in [3.8, 4) is 39.5 Å². The van der Waals surface area contributed by atoms with Crippen molar-refractivity contribution >= 4 is 54.5 Å². The number of nitrogens with zero attached hydrogens (tertiary/aromatic N) is 3. The van der Waals surface area contributed by atoms with Gasteiger partial charge in [0, 0.05) is 27.7 Å². The van der Waals surface area contributed by atoms with Crippen LogP contribution in [0.3, 0.4) is 0 Å². The Bertz CT molecular complexity index is 2770. The van der Waals surface area contributed by atoms with Crippen LogP contribution in [-0.2, 0) is 0 Å². The first kappa shape index (κ1) is 26.7. The van der Waals surface area contributed by atoms with Crippen LogP contribution >= 0.6 is 0 Å². The molecule has 0 atom stereocenters. The number of benzene rings is 6. The van der Waals surface area contributed by atoms with Gasteiger partial charge in [0.25, 0.3) is 0 Å². The van der Waals surface area contributed by atoms with Gasteiger partial charge in [0.1, 0.15) is 17.0 Å². The summed E-state index contributed by atoms with van der Waals surface area (Å²) in [5, 5.41) is 7.08. The highest BCUT2D eigenvalue weighted by atomic mass is 16.3. The third kappa shape index (κ3) is 4.16. The average Bonchev–Trinajstić information content (AvgIpc) is 3.70. The molecule has 0 amide bonds. The Kier molecular flexibility index (Phi) is 5.84. The summed E-state index contributed by atoms with van der Waals surface area (Å²) in [5.74, 6) is 0.853. The number of hydrogen-bond donors (Lipinski definition) is 0. The van der Waals surface area contributed by atoms with Gasteiger partial charge in [-0.1, -0.05) is 97.1 Å². The maximum absolute atomic E-state index is 6.14. The minimum absolute atomic E-state index is 0.833. The molecule has 0 aliphatic rings. The number of pyridine rings is 2. The van der Waals surface area contributed by atoms with Gasteiger partial charge in [-0.15, -0.1) is 0 Å². The van der Waals surface area contributed by atoms with E-state index < -0.39 is 0 Å². The fourth-order valence-electron chi connectivity index (χ4n) is 7.20. The molecule has 4 heteroatoms. The highest BCUT2D eigenvalue weighted by molar-refractivity contribution is 6.22. The van der Waals surface area contributed by atoms with Crippen molar-refractivity contribution in [3.63, 3.8) is 0 Å². The normalized spacial score (nSPS) is 11.8. The predicted molar refractivity (Wildman–Crippen MR) is 197 cm³/mol. The van der Waals surface area contributed by atoms with Gasteiger partial charge in [0.05, 0.1) is 22.4 Å². The van der Waals surface area contributed by atoms with Crippen LogP contribution in [0, 0.1) is 0 Å².